The molecule has 2 aromatic carbocycles. The number of nitrogens with one attached hydrogen (secondary N) is 1. The van der Waals surface area contributed by atoms with E-state index in [1.807, 2.05) is 44.7 Å². The largest absolute Gasteiger partial charge is 0.444 e. The number of pyridine rings is 2. The van der Waals surface area contributed by atoms with E-state index in [0.717, 1.165) is 43.2 Å². The number of hydrogen-bond donors (Lipinski definition) is 1. The van der Waals surface area contributed by atoms with Gasteiger partial charge < -0.3 is 34.2 Å². The van der Waals surface area contributed by atoms with Gasteiger partial charge in [0.15, 0.2) is 0 Å². The Morgan fingerprint density at radius 1 is 0.880 bits per heavy atom. The highest BCUT2D eigenvalue weighted by Gasteiger charge is 2.28. The van der Waals surface area contributed by atoms with Crippen molar-refractivity contribution < 1.29 is 23.1 Å². The molecule has 2 aromatic heterocycles. The van der Waals surface area contributed by atoms with Gasteiger partial charge in [-0.3, -0.25) is 9.59 Å². The molecule has 0 radical (unpaired) electrons. The molecule has 50 heavy (non-hydrogen) atoms. The second-order valence-electron chi connectivity index (χ2n) is 13.6. The van der Waals surface area contributed by atoms with Crippen molar-refractivity contribution in [2.45, 2.75) is 46.4 Å². The van der Waals surface area contributed by atoms with Gasteiger partial charge in [-0.05, 0) is 81.8 Å². The molecule has 6 rings (SSSR count). The molecule has 0 bridgehead atoms. The molecule has 11 nitrogen and oxygen atoms in total. The molecular formula is C37H43F2N7O4. The minimum atomic E-state index is -0.605. The smallest absolute Gasteiger partial charge is 0.410 e. The molecule has 4 aromatic rings. The average molecular weight is 688 g/mol. The van der Waals surface area contributed by atoms with Gasteiger partial charge in [0, 0.05) is 88.9 Å². The maximum absolute atomic E-state index is 15.6. The van der Waals surface area contributed by atoms with Crippen molar-refractivity contribution in [2.75, 3.05) is 67.1 Å². The predicted octanol–water partition coefficient (Wildman–Crippen LogP) is 5.01. The minimum Gasteiger partial charge on any atom is -0.444 e. The van der Waals surface area contributed by atoms with Gasteiger partial charge in [0.05, 0.1) is 11.2 Å². The van der Waals surface area contributed by atoms with Gasteiger partial charge in [-0.15, -0.1) is 0 Å². The highest BCUT2D eigenvalue weighted by atomic mass is 19.1. The minimum absolute atomic E-state index is 0.0660. The lowest BCUT2D eigenvalue weighted by Crippen LogP contribution is -2.50. The maximum Gasteiger partial charge on any atom is 0.410 e. The van der Waals surface area contributed by atoms with Crippen molar-refractivity contribution in [1.29, 1.82) is 0 Å². The number of hydrogen-bond acceptors (Lipinski definition) is 8. The molecular weight excluding hydrogens is 644 g/mol. The SMILES string of the molecule is CCn1cc(C(=O)NCc2ccnc(N3CCN(c4ccc(F)cc4)CC3)c2)c(=O)c2cc(F)c(N3CCN(C(=O)OC(C)(C)C)CC3)cc21. The van der Waals surface area contributed by atoms with Crippen LogP contribution >= 0.6 is 0 Å². The van der Waals surface area contributed by atoms with Crippen LogP contribution in [-0.2, 0) is 17.8 Å². The van der Waals surface area contributed by atoms with Crippen LogP contribution < -0.4 is 25.4 Å². The summed E-state index contributed by atoms with van der Waals surface area (Å²) in [7, 11) is 0. The molecule has 2 amide bonds. The Balaban J connectivity index is 1.12. The van der Waals surface area contributed by atoms with Crippen LogP contribution in [0.15, 0.2) is 65.7 Å². The highest BCUT2D eigenvalue weighted by molar-refractivity contribution is 5.97. The zero-order valence-electron chi connectivity index (χ0n) is 28.9. The van der Waals surface area contributed by atoms with Crippen molar-refractivity contribution in [2.24, 2.45) is 0 Å². The lowest BCUT2D eigenvalue weighted by atomic mass is 10.1. The summed E-state index contributed by atoms with van der Waals surface area (Å²) in [6, 6.07) is 13.1. The van der Waals surface area contributed by atoms with Crippen molar-refractivity contribution in [3.63, 3.8) is 0 Å². The van der Waals surface area contributed by atoms with Crippen LogP contribution in [0, 0.1) is 11.6 Å². The lowest BCUT2D eigenvalue weighted by molar-refractivity contribution is 0.0240. The molecule has 2 aliphatic heterocycles. The molecule has 2 fully saturated rings. The van der Waals surface area contributed by atoms with Gasteiger partial charge in [-0.2, -0.15) is 0 Å². The van der Waals surface area contributed by atoms with E-state index in [0.29, 0.717) is 43.9 Å². The van der Waals surface area contributed by atoms with Crippen LogP contribution in [0.5, 0.6) is 0 Å². The molecule has 0 aliphatic carbocycles. The number of fused-ring (bicyclic) bond motifs is 1. The van der Waals surface area contributed by atoms with Crippen molar-refractivity contribution in [3.8, 4) is 0 Å². The van der Waals surface area contributed by atoms with E-state index in [4.69, 9.17) is 4.74 Å². The van der Waals surface area contributed by atoms with Crippen LogP contribution in [0.1, 0.15) is 43.6 Å². The zero-order valence-corrected chi connectivity index (χ0v) is 28.9. The van der Waals surface area contributed by atoms with Crippen molar-refractivity contribution in [3.05, 3.63) is 93.9 Å². The molecule has 0 atom stereocenters. The summed E-state index contributed by atoms with van der Waals surface area (Å²) in [5, 5.41) is 2.98. The van der Waals surface area contributed by atoms with E-state index in [2.05, 4.69) is 20.1 Å². The van der Waals surface area contributed by atoms with E-state index in [-0.39, 0.29) is 23.3 Å². The van der Waals surface area contributed by atoms with E-state index >= 15 is 4.39 Å². The van der Waals surface area contributed by atoms with Gasteiger partial charge in [0.1, 0.15) is 28.6 Å². The normalized spacial score (nSPS) is 15.4. The summed E-state index contributed by atoms with van der Waals surface area (Å²) in [4.78, 5) is 51.8. The van der Waals surface area contributed by atoms with Crippen LogP contribution in [0.3, 0.4) is 0 Å². The van der Waals surface area contributed by atoms with Crippen LogP contribution in [0.25, 0.3) is 10.9 Å². The van der Waals surface area contributed by atoms with Gasteiger partial charge >= 0.3 is 6.09 Å². The van der Waals surface area contributed by atoms with Gasteiger partial charge in [-0.1, -0.05) is 0 Å². The molecule has 4 heterocycles. The molecule has 0 saturated carbocycles. The topological polar surface area (TPSA) is 103 Å². The second kappa shape index (κ2) is 14.3. The van der Waals surface area contributed by atoms with Crippen molar-refractivity contribution in [1.82, 2.24) is 19.8 Å². The Kier molecular flexibility index (Phi) is 9.94. The molecule has 13 heteroatoms. The Bertz CT molecular complexity index is 1930. The summed E-state index contributed by atoms with van der Waals surface area (Å²) < 4.78 is 36.2. The number of aromatic nitrogens is 2. The fourth-order valence-corrected chi connectivity index (χ4v) is 6.39. The van der Waals surface area contributed by atoms with Crippen LogP contribution in [0.2, 0.25) is 0 Å². The number of carbonyl (C=O) groups is 2. The number of halogens is 2. The first kappa shape index (κ1) is 34.7. The first-order valence-corrected chi connectivity index (χ1v) is 17.0. The molecule has 0 spiro atoms. The summed E-state index contributed by atoms with van der Waals surface area (Å²) in [6.07, 6.45) is 2.83. The van der Waals surface area contributed by atoms with Gasteiger partial charge in [-0.25, -0.2) is 18.6 Å². The number of amides is 2. The first-order valence-electron chi connectivity index (χ1n) is 17.0. The quantitative estimate of drug-likeness (QED) is 0.290. The Hall–Kier alpha value is -5.20. The van der Waals surface area contributed by atoms with E-state index in [1.54, 1.807) is 33.9 Å². The van der Waals surface area contributed by atoms with E-state index < -0.39 is 28.8 Å². The number of carbonyl (C=O) groups excluding carboxylic acids is 2. The molecule has 2 saturated heterocycles. The number of aryl methyl sites for hydroxylation is 1. The second-order valence-corrected chi connectivity index (χ2v) is 13.6. The third-order valence-electron chi connectivity index (χ3n) is 9.06. The third kappa shape index (κ3) is 7.66. The summed E-state index contributed by atoms with van der Waals surface area (Å²) in [5.41, 5.74) is 1.45. The average Bonchev–Trinajstić information content (AvgIpc) is 3.11. The Morgan fingerprint density at radius 2 is 1.54 bits per heavy atom. The Labute approximate surface area is 290 Å². The predicted molar refractivity (Wildman–Crippen MR) is 190 cm³/mol. The number of nitrogens with zero attached hydrogens (tertiary/aromatic N) is 6. The third-order valence-corrected chi connectivity index (χ3v) is 9.06. The van der Waals surface area contributed by atoms with Crippen molar-refractivity contribution >= 4 is 40.1 Å². The summed E-state index contributed by atoms with van der Waals surface area (Å²) >= 11 is 0. The Morgan fingerprint density at radius 3 is 2.20 bits per heavy atom. The fraction of sp³-hybridized carbons (Fsp3) is 0.405. The number of ether oxygens (including phenoxy) is 1. The zero-order chi connectivity index (χ0) is 35.6. The van der Waals surface area contributed by atoms with E-state index in [9.17, 15) is 18.8 Å². The van der Waals surface area contributed by atoms with Crippen LogP contribution in [0.4, 0.5) is 30.8 Å². The number of anilines is 3. The fourth-order valence-electron chi connectivity index (χ4n) is 6.39. The maximum atomic E-state index is 15.6. The van der Waals surface area contributed by atoms with E-state index in [1.165, 1.54) is 24.4 Å². The number of rotatable bonds is 7. The van der Waals surface area contributed by atoms with Crippen LogP contribution in [-0.4, -0.2) is 84.4 Å². The summed E-state index contributed by atoms with van der Waals surface area (Å²) in [5.74, 6) is -0.590. The van der Waals surface area contributed by atoms with Gasteiger partial charge in [0.2, 0.25) is 5.43 Å². The molecule has 264 valence electrons. The number of benzene rings is 2. The molecule has 1 N–H and O–H groups in total. The van der Waals surface area contributed by atoms with Gasteiger partial charge in [0.25, 0.3) is 5.91 Å². The number of piperazine rings is 2. The lowest BCUT2D eigenvalue weighted by Gasteiger charge is -2.37. The molecule has 0 unspecified atom stereocenters. The monoisotopic (exact) mass is 687 g/mol. The standard InChI is InChI=1S/C37H43F2N7O4/c1-5-42-24-29(34(47)28-21-30(39)32(22-31(28)42)44-14-18-46(19-15-44)36(49)50-37(2,3)4)35(48)41-23-25-10-11-40-33(20-25)45-16-12-43(13-17-45)27-8-6-26(38)7-9-27/h6-11,20-22,24H,5,12-19,23H2,1-4H3,(H,41,48). The molecule has 2 aliphatic rings. The summed E-state index contributed by atoms with van der Waals surface area (Å²) in [6.45, 7) is 12.5. The highest BCUT2D eigenvalue weighted by Crippen LogP contribution is 2.27. The first-order chi connectivity index (χ1) is 23.9.